The number of esters is 1. The van der Waals surface area contributed by atoms with Gasteiger partial charge in [-0.2, -0.15) is 13.2 Å². The zero-order valence-corrected chi connectivity index (χ0v) is 11.2. The summed E-state index contributed by atoms with van der Waals surface area (Å²) in [5, 5.41) is 1.77. The van der Waals surface area contributed by atoms with E-state index in [-0.39, 0.29) is 25.0 Å². The van der Waals surface area contributed by atoms with E-state index >= 15 is 0 Å². The molecule has 0 bridgehead atoms. The molecule has 4 nitrogen and oxygen atoms in total. The van der Waals surface area contributed by atoms with E-state index in [0.29, 0.717) is 19.3 Å². The van der Waals surface area contributed by atoms with Crippen LogP contribution in [-0.4, -0.2) is 30.7 Å². The van der Waals surface area contributed by atoms with Crippen LogP contribution in [0.3, 0.4) is 0 Å². The Morgan fingerprint density at radius 2 is 1.84 bits per heavy atom. The van der Waals surface area contributed by atoms with Crippen LogP contribution in [0.15, 0.2) is 0 Å². The quantitative estimate of drug-likeness (QED) is 0.550. The van der Waals surface area contributed by atoms with Crippen molar-refractivity contribution in [2.45, 2.75) is 58.2 Å². The van der Waals surface area contributed by atoms with E-state index in [1.54, 1.807) is 12.2 Å². The van der Waals surface area contributed by atoms with Gasteiger partial charge in [-0.1, -0.05) is 13.3 Å². The Morgan fingerprint density at radius 1 is 1.21 bits per heavy atom. The van der Waals surface area contributed by atoms with Gasteiger partial charge in [0.25, 0.3) is 0 Å². The number of carbonyl (C=O) groups excluding carboxylic acids is 2. The van der Waals surface area contributed by atoms with E-state index < -0.39 is 12.1 Å². The Labute approximate surface area is 110 Å². The van der Waals surface area contributed by atoms with Crippen LogP contribution in [0, 0.1) is 0 Å². The molecule has 0 heterocycles. The maximum Gasteiger partial charge on any atom is 0.471 e. The van der Waals surface area contributed by atoms with E-state index in [1.165, 1.54) is 0 Å². The van der Waals surface area contributed by atoms with Gasteiger partial charge in [-0.15, -0.1) is 0 Å². The Kier molecular flexibility index (Phi) is 8.18. The van der Waals surface area contributed by atoms with Gasteiger partial charge < -0.3 is 10.1 Å². The minimum atomic E-state index is -4.83. The van der Waals surface area contributed by atoms with Crippen molar-refractivity contribution in [2.75, 3.05) is 6.54 Å². The number of nitrogens with one attached hydrogen (secondary N) is 1. The van der Waals surface area contributed by atoms with E-state index in [0.717, 1.165) is 6.42 Å². The van der Waals surface area contributed by atoms with Crippen molar-refractivity contribution in [3.05, 3.63) is 0 Å². The SMILES string of the molecule is CCC(C)OC(=O)CCCCCNC(=O)C(F)(F)F. The zero-order chi connectivity index (χ0) is 14.9. The van der Waals surface area contributed by atoms with Crippen LogP contribution >= 0.6 is 0 Å². The summed E-state index contributed by atoms with van der Waals surface area (Å²) in [5.74, 6) is -2.22. The molecule has 0 radical (unpaired) electrons. The van der Waals surface area contributed by atoms with Crippen molar-refractivity contribution in [1.82, 2.24) is 5.32 Å². The molecule has 0 aromatic carbocycles. The highest BCUT2D eigenvalue weighted by Gasteiger charge is 2.38. The fourth-order valence-electron chi connectivity index (χ4n) is 1.24. The second kappa shape index (κ2) is 8.77. The summed E-state index contributed by atoms with van der Waals surface area (Å²) >= 11 is 0. The molecule has 0 aliphatic heterocycles. The van der Waals surface area contributed by atoms with Crippen LogP contribution in [0.5, 0.6) is 0 Å². The highest BCUT2D eigenvalue weighted by Crippen LogP contribution is 2.14. The first kappa shape index (κ1) is 17.7. The van der Waals surface area contributed by atoms with Gasteiger partial charge in [0, 0.05) is 13.0 Å². The molecular formula is C12H20F3NO3. The number of rotatable bonds is 8. The summed E-state index contributed by atoms with van der Waals surface area (Å²) in [7, 11) is 0. The Morgan fingerprint density at radius 3 is 2.37 bits per heavy atom. The molecule has 1 N–H and O–H groups in total. The van der Waals surface area contributed by atoms with E-state index in [9.17, 15) is 22.8 Å². The third-order valence-electron chi connectivity index (χ3n) is 2.51. The van der Waals surface area contributed by atoms with Crippen LogP contribution < -0.4 is 5.32 Å². The monoisotopic (exact) mass is 283 g/mol. The van der Waals surface area contributed by atoms with Gasteiger partial charge in [0.15, 0.2) is 0 Å². The number of amides is 1. The van der Waals surface area contributed by atoms with Gasteiger partial charge in [-0.25, -0.2) is 0 Å². The van der Waals surface area contributed by atoms with Crippen molar-refractivity contribution < 1.29 is 27.5 Å². The Hall–Kier alpha value is -1.27. The maximum atomic E-state index is 11.8. The lowest BCUT2D eigenvalue weighted by Gasteiger charge is -2.10. The molecular weight excluding hydrogens is 263 g/mol. The summed E-state index contributed by atoms with van der Waals surface area (Å²) in [6.07, 6.45) is -2.45. The number of hydrogen-bond acceptors (Lipinski definition) is 3. The van der Waals surface area contributed by atoms with Gasteiger partial charge in [-0.05, 0) is 26.2 Å². The van der Waals surface area contributed by atoms with Gasteiger partial charge in [0.1, 0.15) is 0 Å². The summed E-state index contributed by atoms with van der Waals surface area (Å²) in [5.41, 5.74) is 0. The van der Waals surface area contributed by atoms with E-state index in [1.807, 2.05) is 6.92 Å². The van der Waals surface area contributed by atoms with Gasteiger partial charge in [0.05, 0.1) is 6.10 Å². The van der Waals surface area contributed by atoms with Crippen LogP contribution in [-0.2, 0) is 14.3 Å². The molecule has 0 spiro atoms. The largest absolute Gasteiger partial charge is 0.471 e. The van der Waals surface area contributed by atoms with Crippen LogP contribution in [0.1, 0.15) is 46.0 Å². The van der Waals surface area contributed by atoms with Crippen molar-refractivity contribution >= 4 is 11.9 Å². The van der Waals surface area contributed by atoms with Crippen molar-refractivity contribution in [3.8, 4) is 0 Å². The highest BCUT2D eigenvalue weighted by molar-refractivity contribution is 5.81. The number of carbonyl (C=O) groups is 2. The molecule has 0 aromatic rings. The lowest BCUT2D eigenvalue weighted by Crippen LogP contribution is -2.37. The average Bonchev–Trinajstić information content (AvgIpc) is 2.31. The summed E-state index contributed by atoms with van der Waals surface area (Å²) < 4.78 is 40.5. The predicted molar refractivity (Wildman–Crippen MR) is 63.4 cm³/mol. The summed E-state index contributed by atoms with van der Waals surface area (Å²) in [4.78, 5) is 21.7. The predicted octanol–water partition coefficient (Wildman–Crippen LogP) is 2.57. The molecule has 0 rings (SSSR count). The van der Waals surface area contributed by atoms with Gasteiger partial charge in [-0.3, -0.25) is 9.59 Å². The molecule has 0 fully saturated rings. The number of halogens is 3. The summed E-state index contributed by atoms with van der Waals surface area (Å²) in [6.45, 7) is 3.66. The molecule has 1 amide bonds. The zero-order valence-electron chi connectivity index (χ0n) is 11.2. The van der Waals surface area contributed by atoms with E-state index in [4.69, 9.17) is 4.74 Å². The minimum absolute atomic E-state index is 0.0429. The second-order valence-corrected chi connectivity index (χ2v) is 4.27. The standard InChI is InChI=1S/C12H20F3NO3/c1-3-9(2)19-10(17)7-5-4-6-8-16-11(18)12(13,14)15/h9H,3-8H2,1-2H3,(H,16,18). The normalized spacial score (nSPS) is 12.9. The molecule has 0 aromatic heterocycles. The number of ether oxygens (including phenoxy) is 1. The molecule has 19 heavy (non-hydrogen) atoms. The summed E-state index contributed by atoms with van der Waals surface area (Å²) in [6, 6.07) is 0. The van der Waals surface area contributed by atoms with Crippen LogP contribution in [0.25, 0.3) is 0 Å². The van der Waals surface area contributed by atoms with E-state index in [2.05, 4.69) is 0 Å². The first-order valence-corrected chi connectivity index (χ1v) is 6.31. The van der Waals surface area contributed by atoms with Crippen molar-refractivity contribution in [1.29, 1.82) is 0 Å². The third-order valence-corrected chi connectivity index (χ3v) is 2.51. The first-order chi connectivity index (χ1) is 8.77. The molecule has 7 heteroatoms. The Balaban J connectivity index is 3.51. The topological polar surface area (TPSA) is 55.4 Å². The van der Waals surface area contributed by atoms with Crippen molar-refractivity contribution in [2.24, 2.45) is 0 Å². The lowest BCUT2D eigenvalue weighted by molar-refractivity contribution is -0.173. The molecule has 1 atom stereocenters. The fourth-order valence-corrected chi connectivity index (χ4v) is 1.24. The third kappa shape index (κ3) is 9.32. The minimum Gasteiger partial charge on any atom is -0.463 e. The molecule has 0 saturated carbocycles. The number of alkyl halides is 3. The number of unbranched alkanes of at least 4 members (excludes halogenated alkanes) is 2. The van der Waals surface area contributed by atoms with Crippen molar-refractivity contribution in [3.63, 3.8) is 0 Å². The fraction of sp³-hybridized carbons (Fsp3) is 0.833. The maximum absolute atomic E-state index is 11.8. The van der Waals surface area contributed by atoms with Gasteiger partial charge >= 0.3 is 18.1 Å². The first-order valence-electron chi connectivity index (χ1n) is 6.31. The van der Waals surface area contributed by atoms with Crippen LogP contribution in [0.4, 0.5) is 13.2 Å². The second-order valence-electron chi connectivity index (χ2n) is 4.27. The van der Waals surface area contributed by atoms with Gasteiger partial charge in [0.2, 0.25) is 0 Å². The van der Waals surface area contributed by atoms with Crippen LogP contribution in [0.2, 0.25) is 0 Å². The Bertz CT molecular complexity index is 292. The number of hydrogen-bond donors (Lipinski definition) is 1. The molecule has 1 unspecified atom stereocenters. The molecule has 112 valence electrons. The average molecular weight is 283 g/mol. The highest BCUT2D eigenvalue weighted by atomic mass is 19.4. The smallest absolute Gasteiger partial charge is 0.463 e. The molecule has 0 aliphatic carbocycles. The molecule has 0 aliphatic rings. The molecule has 0 saturated heterocycles. The lowest BCUT2D eigenvalue weighted by atomic mass is 10.2.